The summed E-state index contributed by atoms with van der Waals surface area (Å²) in [5.41, 5.74) is 0. The summed E-state index contributed by atoms with van der Waals surface area (Å²) in [6.07, 6.45) is -4.22. The van der Waals surface area contributed by atoms with Crippen molar-refractivity contribution in [3.05, 3.63) is 0 Å². The molecule has 1 aliphatic heterocycles. The lowest BCUT2D eigenvalue weighted by Gasteiger charge is -2.39. The van der Waals surface area contributed by atoms with Crippen LogP contribution in [0.15, 0.2) is 4.99 Å². The van der Waals surface area contributed by atoms with Crippen molar-refractivity contribution in [2.45, 2.75) is 24.8 Å². The van der Waals surface area contributed by atoms with Crippen LogP contribution in [0.5, 0.6) is 0 Å². The zero-order valence-electron chi connectivity index (χ0n) is 13.9. The summed E-state index contributed by atoms with van der Waals surface area (Å²) in [5, 5.41) is 2.99. The first-order chi connectivity index (χ1) is 10.4. The number of guanidine groups is 1. The molecule has 0 aromatic carbocycles. The Hall–Kier alpha value is -1.03. The van der Waals surface area contributed by atoms with Crippen LogP contribution in [0.2, 0.25) is 0 Å². The van der Waals surface area contributed by atoms with E-state index in [4.69, 9.17) is 0 Å². The molecular weight excluding hydrogens is 333 g/mol. The van der Waals surface area contributed by atoms with Crippen molar-refractivity contribution in [2.75, 3.05) is 52.6 Å². The van der Waals surface area contributed by atoms with Gasteiger partial charge in [-0.2, -0.15) is 13.2 Å². The summed E-state index contributed by atoms with van der Waals surface area (Å²) in [6.45, 7) is 3.48. The average Bonchev–Trinajstić information content (AvgIpc) is 2.36. The van der Waals surface area contributed by atoms with E-state index < -0.39 is 27.3 Å². The Morgan fingerprint density at radius 2 is 2.00 bits per heavy atom. The van der Waals surface area contributed by atoms with Crippen LogP contribution in [0.3, 0.4) is 0 Å². The summed E-state index contributed by atoms with van der Waals surface area (Å²) in [4.78, 5) is 7.09. The lowest BCUT2D eigenvalue weighted by Crippen LogP contribution is -2.57. The molecule has 0 amide bonds. The van der Waals surface area contributed by atoms with Crippen molar-refractivity contribution in [2.24, 2.45) is 4.99 Å². The van der Waals surface area contributed by atoms with E-state index in [2.05, 4.69) is 10.3 Å². The molecule has 136 valence electrons. The van der Waals surface area contributed by atoms with Crippen molar-refractivity contribution in [1.29, 1.82) is 0 Å². The average molecular weight is 358 g/mol. The number of alkyl halides is 3. The van der Waals surface area contributed by atoms with Gasteiger partial charge in [-0.3, -0.25) is 9.89 Å². The Bertz CT molecular complexity index is 532. The molecule has 1 rings (SSSR count). The second-order valence-corrected chi connectivity index (χ2v) is 9.07. The van der Waals surface area contributed by atoms with E-state index in [1.807, 2.05) is 4.90 Å². The minimum absolute atomic E-state index is 0.0364. The maximum atomic E-state index is 12.3. The molecule has 0 aromatic rings. The third-order valence-electron chi connectivity index (χ3n) is 3.78. The molecule has 6 nitrogen and oxygen atoms in total. The maximum absolute atomic E-state index is 12.3. The van der Waals surface area contributed by atoms with Gasteiger partial charge in [0.1, 0.15) is 0 Å². The van der Waals surface area contributed by atoms with E-state index in [-0.39, 0.29) is 12.3 Å². The van der Waals surface area contributed by atoms with Gasteiger partial charge in [0.25, 0.3) is 0 Å². The summed E-state index contributed by atoms with van der Waals surface area (Å²) in [5.74, 6) is 0.544. The largest absolute Gasteiger partial charge is 0.401 e. The quantitative estimate of drug-likeness (QED) is 0.588. The molecule has 0 aromatic heterocycles. The van der Waals surface area contributed by atoms with Gasteiger partial charge in [0.05, 0.1) is 17.0 Å². The Morgan fingerprint density at radius 1 is 1.39 bits per heavy atom. The number of sulfone groups is 1. The number of nitrogens with one attached hydrogen (secondary N) is 1. The van der Waals surface area contributed by atoms with Crippen LogP contribution >= 0.6 is 0 Å². The Morgan fingerprint density at radius 3 is 2.48 bits per heavy atom. The monoisotopic (exact) mass is 358 g/mol. The Labute approximate surface area is 135 Å². The minimum Gasteiger partial charge on any atom is -0.355 e. The molecule has 1 fully saturated rings. The van der Waals surface area contributed by atoms with Crippen molar-refractivity contribution in [3.63, 3.8) is 0 Å². The molecule has 1 aliphatic rings. The summed E-state index contributed by atoms with van der Waals surface area (Å²) < 4.78 is 59.9. The first kappa shape index (κ1) is 20.0. The first-order valence-electron chi connectivity index (χ1n) is 7.31. The molecule has 1 N–H and O–H groups in total. The van der Waals surface area contributed by atoms with Crippen molar-refractivity contribution in [1.82, 2.24) is 15.1 Å². The predicted molar refractivity (Wildman–Crippen MR) is 84.4 cm³/mol. The van der Waals surface area contributed by atoms with Crippen molar-refractivity contribution >= 4 is 15.8 Å². The smallest absolute Gasteiger partial charge is 0.355 e. The van der Waals surface area contributed by atoms with Gasteiger partial charge in [0.15, 0.2) is 15.8 Å². The number of rotatable bonds is 4. The standard InChI is InChI=1S/C13H25F3N4O2S/c1-12(2)9-20(7-8-23(12,21)22)11(17-3)18-5-6-19(4)10-13(14,15)16/h5-10H2,1-4H3,(H,17,18). The summed E-state index contributed by atoms with van der Waals surface area (Å²) in [6, 6.07) is 0. The highest BCUT2D eigenvalue weighted by Crippen LogP contribution is 2.23. The topological polar surface area (TPSA) is 65.0 Å². The number of hydrogen-bond donors (Lipinski definition) is 1. The third kappa shape index (κ3) is 5.83. The molecule has 0 bridgehead atoms. The van der Waals surface area contributed by atoms with Crippen molar-refractivity contribution in [3.8, 4) is 0 Å². The van der Waals surface area contributed by atoms with Crippen LogP contribution in [-0.2, 0) is 9.84 Å². The fourth-order valence-corrected chi connectivity index (χ4v) is 3.77. The SMILES string of the molecule is CN=C(NCCN(C)CC(F)(F)F)N1CCS(=O)(=O)C(C)(C)C1. The molecule has 10 heteroatoms. The highest BCUT2D eigenvalue weighted by molar-refractivity contribution is 7.92. The lowest BCUT2D eigenvalue weighted by atomic mass is 10.2. The number of hydrogen-bond acceptors (Lipinski definition) is 4. The number of aliphatic imine (C=N–C) groups is 1. The van der Waals surface area contributed by atoms with Gasteiger partial charge in [-0.25, -0.2) is 8.42 Å². The summed E-state index contributed by atoms with van der Waals surface area (Å²) >= 11 is 0. The van der Waals surface area contributed by atoms with Crippen LogP contribution in [0, 0.1) is 0 Å². The molecule has 0 atom stereocenters. The van der Waals surface area contributed by atoms with Crippen LogP contribution in [-0.4, -0.2) is 87.7 Å². The fraction of sp³-hybridized carbons (Fsp3) is 0.923. The minimum atomic E-state index is -4.22. The molecule has 23 heavy (non-hydrogen) atoms. The second-order valence-electron chi connectivity index (χ2n) is 6.33. The predicted octanol–water partition coefficient (Wildman–Crippen LogP) is 0.565. The first-order valence-corrected chi connectivity index (χ1v) is 8.96. The Kier molecular flexibility index (Phi) is 6.31. The van der Waals surface area contributed by atoms with Crippen LogP contribution in [0.25, 0.3) is 0 Å². The van der Waals surface area contributed by atoms with Gasteiger partial charge in [-0.05, 0) is 20.9 Å². The fourth-order valence-electron chi connectivity index (χ4n) is 2.40. The van der Waals surface area contributed by atoms with Crippen LogP contribution in [0.4, 0.5) is 13.2 Å². The van der Waals surface area contributed by atoms with Crippen molar-refractivity contribution < 1.29 is 21.6 Å². The number of nitrogens with zero attached hydrogens (tertiary/aromatic N) is 3. The summed E-state index contributed by atoms with van der Waals surface area (Å²) in [7, 11) is -0.183. The highest BCUT2D eigenvalue weighted by atomic mass is 32.2. The van der Waals surface area contributed by atoms with Gasteiger partial charge in [-0.15, -0.1) is 0 Å². The van der Waals surface area contributed by atoms with E-state index >= 15 is 0 Å². The van der Waals surface area contributed by atoms with E-state index in [0.29, 0.717) is 25.6 Å². The molecular formula is C13H25F3N4O2S. The van der Waals surface area contributed by atoms with E-state index in [1.165, 1.54) is 11.9 Å². The number of halogens is 3. The van der Waals surface area contributed by atoms with E-state index in [0.717, 1.165) is 0 Å². The van der Waals surface area contributed by atoms with Crippen LogP contribution in [0.1, 0.15) is 13.8 Å². The normalized spacial score (nSPS) is 21.6. The van der Waals surface area contributed by atoms with E-state index in [9.17, 15) is 21.6 Å². The molecule has 1 heterocycles. The second kappa shape index (κ2) is 7.25. The highest BCUT2D eigenvalue weighted by Gasteiger charge is 2.40. The Balaban J connectivity index is 2.53. The molecule has 0 unspecified atom stereocenters. The van der Waals surface area contributed by atoms with Gasteiger partial charge in [-0.1, -0.05) is 0 Å². The maximum Gasteiger partial charge on any atom is 0.401 e. The number of likely N-dealkylation sites (N-methyl/N-ethyl adjacent to an activating group) is 1. The van der Waals surface area contributed by atoms with Gasteiger partial charge in [0.2, 0.25) is 0 Å². The molecule has 0 spiro atoms. The molecule has 0 saturated carbocycles. The van der Waals surface area contributed by atoms with Gasteiger partial charge < -0.3 is 10.2 Å². The molecule has 1 saturated heterocycles. The van der Waals surface area contributed by atoms with E-state index in [1.54, 1.807) is 20.9 Å². The molecule has 0 radical (unpaired) electrons. The lowest BCUT2D eigenvalue weighted by molar-refractivity contribution is -0.142. The van der Waals surface area contributed by atoms with Crippen LogP contribution < -0.4 is 5.32 Å². The third-order valence-corrected chi connectivity index (χ3v) is 6.31. The van der Waals surface area contributed by atoms with Gasteiger partial charge >= 0.3 is 6.18 Å². The van der Waals surface area contributed by atoms with Gasteiger partial charge in [0, 0.05) is 33.2 Å². The molecule has 0 aliphatic carbocycles. The zero-order chi connectivity index (χ0) is 17.9. The zero-order valence-corrected chi connectivity index (χ0v) is 14.8.